The zero-order chi connectivity index (χ0) is 9.97. The van der Waals surface area contributed by atoms with Crippen LogP contribution < -0.4 is 5.32 Å². The number of halogens is 1. The molecule has 2 rings (SSSR count). The van der Waals surface area contributed by atoms with E-state index in [-0.39, 0.29) is 6.10 Å². The van der Waals surface area contributed by atoms with Crippen LogP contribution in [0.2, 0.25) is 0 Å². The second kappa shape index (κ2) is 4.38. The molecular weight excluding hydrogens is 244 g/mol. The van der Waals surface area contributed by atoms with Gasteiger partial charge in [-0.05, 0) is 34.5 Å². The Morgan fingerprint density at radius 2 is 2.43 bits per heavy atom. The monoisotopic (exact) mass is 256 g/mol. The van der Waals surface area contributed by atoms with Gasteiger partial charge in [0.05, 0.1) is 12.3 Å². The van der Waals surface area contributed by atoms with Crippen molar-refractivity contribution in [2.24, 2.45) is 0 Å². The van der Waals surface area contributed by atoms with Gasteiger partial charge >= 0.3 is 0 Å². The lowest BCUT2D eigenvalue weighted by molar-refractivity contribution is 0.0249. The molecule has 0 radical (unpaired) electrons. The standard InChI is InChI=1S/C10H13BrN2O/c1-7-2-3-8(13-10(7)11)9-6-12-4-5-14-9/h2-3,9,12H,4-6H2,1H3. The minimum atomic E-state index is 0.0978. The third kappa shape index (κ3) is 2.13. The number of nitrogens with one attached hydrogen (secondary N) is 1. The van der Waals surface area contributed by atoms with Gasteiger partial charge in [0.15, 0.2) is 0 Å². The molecule has 1 unspecified atom stereocenters. The summed E-state index contributed by atoms with van der Waals surface area (Å²) in [5.41, 5.74) is 2.15. The first-order valence-corrected chi connectivity index (χ1v) is 5.52. The lowest BCUT2D eigenvalue weighted by atomic mass is 10.2. The fourth-order valence-electron chi connectivity index (χ4n) is 1.45. The summed E-state index contributed by atoms with van der Waals surface area (Å²) in [7, 11) is 0. The normalized spacial score (nSPS) is 22.3. The molecule has 1 aliphatic heterocycles. The second-order valence-corrected chi connectivity index (χ2v) is 4.16. The third-order valence-corrected chi connectivity index (χ3v) is 3.12. The zero-order valence-corrected chi connectivity index (χ0v) is 9.67. The molecule has 76 valence electrons. The van der Waals surface area contributed by atoms with Crippen molar-refractivity contribution in [3.8, 4) is 0 Å². The maximum absolute atomic E-state index is 5.61. The number of hydrogen-bond donors (Lipinski definition) is 1. The number of aryl methyl sites for hydroxylation is 1. The molecule has 2 heterocycles. The molecular formula is C10H13BrN2O. The molecule has 14 heavy (non-hydrogen) atoms. The van der Waals surface area contributed by atoms with E-state index in [0.717, 1.165) is 35.6 Å². The Morgan fingerprint density at radius 1 is 1.57 bits per heavy atom. The lowest BCUT2D eigenvalue weighted by Gasteiger charge is -2.23. The number of pyridine rings is 1. The average molecular weight is 257 g/mol. The molecule has 0 bridgehead atoms. The first kappa shape index (κ1) is 10.1. The van der Waals surface area contributed by atoms with Crippen LogP contribution in [0, 0.1) is 6.92 Å². The van der Waals surface area contributed by atoms with Gasteiger partial charge in [0.25, 0.3) is 0 Å². The number of hydrogen-bond acceptors (Lipinski definition) is 3. The Bertz CT molecular complexity index is 324. The number of nitrogens with zero attached hydrogens (tertiary/aromatic N) is 1. The Kier molecular flexibility index (Phi) is 3.15. The van der Waals surface area contributed by atoms with Gasteiger partial charge < -0.3 is 10.1 Å². The van der Waals surface area contributed by atoms with Crippen molar-refractivity contribution in [1.82, 2.24) is 10.3 Å². The summed E-state index contributed by atoms with van der Waals surface area (Å²) in [6.45, 7) is 4.57. The van der Waals surface area contributed by atoms with Crippen molar-refractivity contribution in [3.63, 3.8) is 0 Å². The molecule has 3 nitrogen and oxygen atoms in total. The van der Waals surface area contributed by atoms with Crippen molar-refractivity contribution in [2.75, 3.05) is 19.7 Å². The summed E-state index contributed by atoms with van der Waals surface area (Å²) in [4.78, 5) is 4.45. The van der Waals surface area contributed by atoms with Crippen molar-refractivity contribution >= 4 is 15.9 Å². The van der Waals surface area contributed by atoms with Crippen LogP contribution in [0.4, 0.5) is 0 Å². The molecule has 0 spiro atoms. The SMILES string of the molecule is Cc1ccc(C2CNCCO2)nc1Br. The maximum Gasteiger partial charge on any atom is 0.112 e. The van der Waals surface area contributed by atoms with Crippen LogP contribution in [0.3, 0.4) is 0 Å². The lowest BCUT2D eigenvalue weighted by Crippen LogP contribution is -2.33. The van der Waals surface area contributed by atoms with E-state index >= 15 is 0 Å². The summed E-state index contributed by atoms with van der Waals surface area (Å²) in [6.07, 6.45) is 0.0978. The van der Waals surface area contributed by atoms with Gasteiger partial charge in [-0.1, -0.05) is 6.07 Å². The van der Waals surface area contributed by atoms with E-state index in [0.29, 0.717) is 0 Å². The van der Waals surface area contributed by atoms with E-state index in [1.165, 1.54) is 0 Å². The van der Waals surface area contributed by atoms with Crippen LogP contribution in [0.5, 0.6) is 0 Å². The van der Waals surface area contributed by atoms with Gasteiger partial charge in [0, 0.05) is 13.1 Å². The highest BCUT2D eigenvalue weighted by Gasteiger charge is 2.17. The average Bonchev–Trinajstić information content (AvgIpc) is 2.23. The highest BCUT2D eigenvalue weighted by Crippen LogP contribution is 2.20. The minimum absolute atomic E-state index is 0.0978. The first-order chi connectivity index (χ1) is 6.77. The molecule has 4 heteroatoms. The molecule has 0 aliphatic carbocycles. The van der Waals surface area contributed by atoms with Crippen LogP contribution in [0.1, 0.15) is 17.4 Å². The molecule has 1 aromatic rings. The first-order valence-electron chi connectivity index (χ1n) is 4.73. The predicted octanol–water partition coefficient (Wildman–Crippen LogP) is 1.81. The molecule has 1 N–H and O–H groups in total. The Hall–Kier alpha value is -0.450. The second-order valence-electron chi connectivity index (χ2n) is 3.41. The van der Waals surface area contributed by atoms with Crippen LogP contribution in [0.15, 0.2) is 16.7 Å². The van der Waals surface area contributed by atoms with Crippen LogP contribution in [-0.4, -0.2) is 24.7 Å². The minimum Gasteiger partial charge on any atom is -0.369 e. The zero-order valence-electron chi connectivity index (χ0n) is 8.09. The van der Waals surface area contributed by atoms with Gasteiger partial charge in [0.1, 0.15) is 10.7 Å². The van der Waals surface area contributed by atoms with E-state index < -0.39 is 0 Å². The molecule has 1 aliphatic rings. The van der Waals surface area contributed by atoms with Gasteiger partial charge in [0.2, 0.25) is 0 Å². The summed E-state index contributed by atoms with van der Waals surface area (Å²) in [6, 6.07) is 4.09. The van der Waals surface area contributed by atoms with E-state index in [4.69, 9.17) is 4.74 Å². The van der Waals surface area contributed by atoms with Crippen LogP contribution in [0.25, 0.3) is 0 Å². The van der Waals surface area contributed by atoms with E-state index in [9.17, 15) is 0 Å². The quantitative estimate of drug-likeness (QED) is 0.779. The summed E-state index contributed by atoms with van der Waals surface area (Å²) < 4.78 is 6.52. The number of rotatable bonds is 1. The van der Waals surface area contributed by atoms with Crippen molar-refractivity contribution in [1.29, 1.82) is 0 Å². The Balaban J connectivity index is 2.18. The topological polar surface area (TPSA) is 34.1 Å². The smallest absolute Gasteiger partial charge is 0.112 e. The molecule has 1 fully saturated rings. The molecule has 1 atom stereocenters. The molecule has 0 saturated carbocycles. The summed E-state index contributed by atoms with van der Waals surface area (Å²) in [5.74, 6) is 0. The van der Waals surface area contributed by atoms with Gasteiger partial charge in [-0.3, -0.25) is 0 Å². The molecule has 0 aromatic carbocycles. The summed E-state index contributed by atoms with van der Waals surface area (Å²) in [5, 5.41) is 3.29. The Labute approximate surface area is 92.0 Å². The summed E-state index contributed by atoms with van der Waals surface area (Å²) >= 11 is 3.43. The number of ether oxygens (including phenoxy) is 1. The molecule has 0 amide bonds. The third-order valence-electron chi connectivity index (χ3n) is 2.31. The Morgan fingerprint density at radius 3 is 3.07 bits per heavy atom. The molecule has 1 aromatic heterocycles. The van der Waals surface area contributed by atoms with Crippen molar-refractivity contribution in [3.05, 3.63) is 28.0 Å². The number of aromatic nitrogens is 1. The number of morpholine rings is 1. The van der Waals surface area contributed by atoms with E-state index in [1.54, 1.807) is 0 Å². The van der Waals surface area contributed by atoms with E-state index in [2.05, 4.69) is 32.3 Å². The highest BCUT2D eigenvalue weighted by atomic mass is 79.9. The molecule has 1 saturated heterocycles. The maximum atomic E-state index is 5.61. The van der Waals surface area contributed by atoms with Gasteiger partial charge in [-0.15, -0.1) is 0 Å². The van der Waals surface area contributed by atoms with Crippen LogP contribution >= 0.6 is 15.9 Å². The van der Waals surface area contributed by atoms with Crippen molar-refractivity contribution < 1.29 is 4.74 Å². The van der Waals surface area contributed by atoms with Gasteiger partial charge in [-0.25, -0.2) is 4.98 Å². The van der Waals surface area contributed by atoms with Crippen molar-refractivity contribution in [2.45, 2.75) is 13.0 Å². The van der Waals surface area contributed by atoms with Crippen LogP contribution in [-0.2, 0) is 4.74 Å². The highest BCUT2D eigenvalue weighted by molar-refractivity contribution is 9.10. The predicted molar refractivity (Wildman–Crippen MR) is 58.2 cm³/mol. The fraction of sp³-hybridized carbons (Fsp3) is 0.500. The van der Waals surface area contributed by atoms with E-state index in [1.807, 2.05) is 13.0 Å². The van der Waals surface area contributed by atoms with Gasteiger partial charge in [-0.2, -0.15) is 0 Å². The fourth-order valence-corrected chi connectivity index (χ4v) is 1.79. The largest absolute Gasteiger partial charge is 0.369 e.